The molecular formula is C17H22N6O2. The number of hydrogen-bond acceptors (Lipinski definition) is 7. The van der Waals surface area contributed by atoms with E-state index in [1.807, 2.05) is 42.3 Å². The number of nitrogens with zero attached hydrogens (tertiary/aromatic N) is 5. The summed E-state index contributed by atoms with van der Waals surface area (Å²) in [5, 5.41) is 14.8. The highest BCUT2D eigenvalue weighted by Gasteiger charge is 2.30. The van der Waals surface area contributed by atoms with Gasteiger partial charge in [0.15, 0.2) is 0 Å². The van der Waals surface area contributed by atoms with Crippen molar-refractivity contribution in [3.05, 3.63) is 46.8 Å². The maximum absolute atomic E-state index is 11.7. The van der Waals surface area contributed by atoms with Crippen LogP contribution in [0, 0.1) is 10.1 Å². The molecule has 0 atom stereocenters. The van der Waals surface area contributed by atoms with Crippen molar-refractivity contribution in [3.63, 3.8) is 0 Å². The molecule has 2 heterocycles. The van der Waals surface area contributed by atoms with E-state index in [1.54, 1.807) is 0 Å². The lowest BCUT2D eigenvalue weighted by molar-refractivity contribution is -0.383. The zero-order chi connectivity index (χ0) is 17.8. The van der Waals surface area contributed by atoms with Crippen LogP contribution >= 0.6 is 0 Å². The van der Waals surface area contributed by atoms with Gasteiger partial charge in [0.05, 0.1) is 4.92 Å². The number of aromatic nitrogens is 2. The van der Waals surface area contributed by atoms with Crippen molar-refractivity contribution in [1.82, 2.24) is 14.9 Å². The van der Waals surface area contributed by atoms with Gasteiger partial charge in [-0.3, -0.25) is 10.1 Å². The first-order valence-electron chi connectivity index (χ1n) is 8.29. The molecule has 1 N–H and O–H groups in total. The van der Waals surface area contributed by atoms with Gasteiger partial charge in [-0.15, -0.1) is 0 Å². The Morgan fingerprint density at radius 1 is 1.24 bits per heavy atom. The van der Waals surface area contributed by atoms with Crippen molar-refractivity contribution in [2.45, 2.75) is 18.9 Å². The largest absolute Gasteiger partial charge is 0.353 e. The van der Waals surface area contributed by atoms with Crippen molar-refractivity contribution in [3.8, 4) is 0 Å². The van der Waals surface area contributed by atoms with Crippen molar-refractivity contribution in [1.29, 1.82) is 0 Å². The highest BCUT2D eigenvalue weighted by Crippen LogP contribution is 2.34. The molecule has 1 aliphatic heterocycles. The van der Waals surface area contributed by atoms with Crippen molar-refractivity contribution < 1.29 is 4.92 Å². The summed E-state index contributed by atoms with van der Waals surface area (Å²) in [6, 6.07) is 9.52. The smallest absolute Gasteiger partial charge is 0.351 e. The topological polar surface area (TPSA) is 87.4 Å². The number of likely N-dealkylation sites (tertiary alicyclic amines) is 1. The highest BCUT2D eigenvalue weighted by atomic mass is 16.6. The Balaban J connectivity index is 1.91. The lowest BCUT2D eigenvalue weighted by Crippen LogP contribution is -2.42. The van der Waals surface area contributed by atoms with Crippen LogP contribution < -0.4 is 10.2 Å². The molecule has 0 spiro atoms. The minimum atomic E-state index is -0.411. The predicted octanol–water partition coefficient (Wildman–Crippen LogP) is 2.66. The van der Waals surface area contributed by atoms with Gasteiger partial charge < -0.3 is 15.1 Å². The average Bonchev–Trinajstić information content (AvgIpc) is 2.62. The summed E-state index contributed by atoms with van der Waals surface area (Å²) in [7, 11) is 3.96. The number of nitrogens with one attached hydrogen (secondary N) is 1. The second kappa shape index (κ2) is 7.43. The summed E-state index contributed by atoms with van der Waals surface area (Å²) in [5.74, 6) is 0.564. The Morgan fingerprint density at radius 2 is 1.92 bits per heavy atom. The molecule has 1 fully saturated rings. The molecular weight excluding hydrogens is 320 g/mol. The number of para-hydroxylation sites is 1. The van der Waals surface area contributed by atoms with Gasteiger partial charge in [-0.05, 0) is 45.1 Å². The fraction of sp³-hybridized carbons (Fsp3) is 0.412. The lowest BCUT2D eigenvalue weighted by Gasteiger charge is -2.35. The number of hydrogen-bond donors (Lipinski definition) is 1. The second-order valence-corrected chi connectivity index (χ2v) is 6.29. The van der Waals surface area contributed by atoms with E-state index < -0.39 is 4.92 Å². The summed E-state index contributed by atoms with van der Waals surface area (Å²) >= 11 is 0. The van der Waals surface area contributed by atoms with E-state index in [2.05, 4.69) is 27.2 Å². The van der Waals surface area contributed by atoms with Crippen LogP contribution in [-0.4, -0.2) is 53.0 Å². The Kier molecular flexibility index (Phi) is 5.08. The number of piperidine rings is 1. The maximum atomic E-state index is 11.7. The first kappa shape index (κ1) is 17.1. The first-order chi connectivity index (χ1) is 12.1. The number of anilines is 3. The van der Waals surface area contributed by atoms with Crippen LogP contribution in [0.3, 0.4) is 0 Å². The quantitative estimate of drug-likeness (QED) is 0.660. The molecule has 132 valence electrons. The van der Waals surface area contributed by atoms with Gasteiger partial charge in [-0.2, -0.15) is 0 Å². The minimum absolute atomic E-state index is 0.0900. The third-order valence-electron chi connectivity index (χ3n) is 4.59. The molecule has 1 aliphatic rings. The summed E-state index contributed by atoms with van der Waals surface area (Å²) in [6.07, 6.45) is 3.28. The van der Waals surface area contributed by atoms with E-state index in [9.17, 15) is 10.1 Å². The first-order valence-corrected chi connectivity index (χ1v) is 8.29. The van der Waals surface area contributed by atoms with Gasteiger partial charge in [0.2, 0.25) is 11.6 Å². The molecule has 0 aliphatic carbocycles. The fourth-order valence-corrected chi connectivity index (χ4v) is 3.10. The third kappa shape index (κ3) is 3.85. The number of nitro groups is 1. The van der Waals surface area contributed by atoms with Crippen molar-refractivity contribution >= 4 is 23.0 Å². The van der Waals surface area contributed by atoms with Crippen LogP contribution in [-0.2, 0) is 0 Å². The number of benzene rings is 1. The van der Waals surface area contributed by atoms with Crippen molar-refractivity contribution in [2.75, 3.05) is 37.4 Å². The highest BCUT2D eigenvalue weighted by molar-refractivity contribution is 5.74. The molecule has 8 heteroatoms. The Bertz CT molecular complexity index is 731. The van der Waals surface area contributed by atoms with Gasteiger partial charge in [0.1, 0.15) is 6.33 Å². The second-order valence-electron chi connectivity index (χ2n) is 6.29. The predicted molar refractivity (Wildman–Crippen MR) is 97.3 cm³/mol. The Morgan fingerprint density at radius 3 is 2.56 bits per heavy atom. The standard InChI is InChI=1S/C17H22N6O2/c1-21-10-8-14(9-11-21)22(2)17-15(23(24)25)16(18-12-19-17)20-13-6-4-3-5-7-13/h3-7,12,14H,8-11H2,1-2H3,(H,18,19,20). The molecule has 0 radical (unpaired) electrons. The molecule has 0 saturated carbocycles. The SMILES string of the molecule is CN1CCC(N(C)c2ncnc(Nc3ccccc3)c2[N+](=O)[O-])CC1. The maximum Gasteiger partial charge on any atom is 0.353 e. The normalized spacial score (nSPS) is 15.8. The number of rotatable bonds is 5. The average molecular weight is 342 g/mol. The Hall–Kier alpha value is -2.74. The van der Waals surface area contributed by atoms with E-state index >= 15 is 0 Å². The van der Waals surface area contributed by atoms with E-state index in [0.29, 0.717) is 5.82 Å². The van der Waals surface area contributed by atoms with Crippen LogP contribution in [0.2, 0.25) is 0 Å². The van der Waals surface area contributed by atoms with Gasteiger partial charge in [0.25, 0.3) is 0 Å². The zero-order valence-corrected chi connectivity index (χ0v) is 14.4. The van der Waals surface area contributed by atoms with Crippen LogP contribution in [0.15, 0.2) is 36.7 Å². The van der Waals surface area contributed by atoms with Crippen LogP contribution in [0.4, 0.5) is 23.0 Å². The molecule has 0 bridgehead atoms. The Labute approximate surface area is 146 Å². The molecule has 3 rings (SSSR count). The molecule has 0 unspecified atom stereocenters. The van der Waals surface area contributed by atoms with Gasteiger partial charge in [0, 0.05) is 18.8 Å². The molecule has 1 aromatic carbocycles. The minimum Gasteiger partial charge on any atom is -0.351 e. The fourth-order valence-electron chi connectivity index (χ4n) is 3.10. The molecule has 25 heavy (non-hydrogen) atoms. The monoisotopic (exact) mass is 342 g/mol. The van der Waals surface area contributed by atoms with Gasteiger partial charge in [-0.1, -0.05) is 18.2 Å². The van der Waals surface area contributed by atoms with Gasteiger partial charge in [-0.25, -0.2) is 9.97 Å². The van der Waals surface area contributed by atoms with Crippen LogP contribution in [0.5, 0.6) is 0 Å². The van der Waals surface area contributed by atoms with Crippen LogP contribution in [0.25, 0.3) is 0 Å². The molecule has 2 aromatic rings. The van der Waals surface area contributed by atoms with Crippen molar-refractivity contribution in [2.24, 2.45) is 0 Å². The van der Waals surface area contributed by atoms with E-state index in [0.717, 1.165) is 31.6 Å². The van der Waals surface area contributed by atoms with Gasteiger partial charge >= 0.3 is 5.69 Å². The zero-order valence-electron chi connectivity index (χ0n) is 14.4. The molecule has 0 amide bonds. The van der Waals surface area contributed by atoms with E-state index in [4.69, 9.17) is 0 Å². The summed E-state index contributed by atoms with van der Waals surface area (Å²) < 4.78 is 0. The molecule has 8 nitrogen and oxygen atoms in total. The summed E-state index contributed by atoms with van der Waals surface area (Å²) in [5.41, 5.74) is 0.657. The third-order valence-corrected chi connectivity index (χ3v) is 4.59. The summed E-state index contributed by atoms with van der Waals surface area (Å²) in [4.78, 5) is 23.8. The summed E-state index contributed by atoms with van der Waals surface area (Å²) in [6.45, 7) is 1.95. The van der Waals surface area contributed by atoms with E-state index in [-0.39, 0.29) is 17.5 Å². The molecule has 1 saturated heterocycles. The van der Waals surface area contributed by atoms with E-state index in [1.165, 1.54) is 6.33 Å². The molecule has 1 aromatic heterocycles. The van der Waals surface area contributed by atoms with Crippen LogP contribution in [0.1, 0.15) is 12.8 Å². The lowest BCUT2D eigenvalue weighted by atomic mass is 10.0.